The Morgan fingerprint density at radius 1 is 1.05 bits per heavy atom. The summed E-state index contributed by atoms with van der Waals surface area (Å²) in [4.78, 5) is 35.2. The minimum atomic E-state index is -0.891. The van der Waals surface area contributed by atoms with Gasteiger partial charge in [0.05, 0.1) is 14.2 Å². The fraction of sp³-hybridized carbons (Fsp3) is 0.438. The summed E-state index contributed by atoms with van der Waals surface area (Å²) in [6, 6.07) is 4.53. The predicted molar refractivity (Wildman–Crippen MR) is 80.4 cm³/mol. The molecule has 0 aliphatic carbocycles. The van der Waals surface area contributed by atoms with Crippen LogP contribution in [0.25, 0.3) is 0 Å². The fourth-order valence-electron chi connectivity index (χ4n) is 2.10. The standard InChI is InChI=1S/C16H21NO5/c1-10-7-11(2)9-12(8-10)15(19)17-13(16(20)22-4)5-6-14(18)21-3/h7-9,13H,5-6H2,1-4H3,(H,17,19)/t13-/m0/s1. The van der Waals surface area contributed by atoms with Gasteiger partial charge in [-0.15, -0.1) is 0 Å². The number of carbonyl (C=O) groups excluding carboxylic acids is 3. The van der Waals surface area contributed by atoms with E-state index < -0.39 is 18.0 Å². The fourth-order valence-corrected chi connectivity index (χ4v) is 2.10. The molecule has 0 heterocycles. The molecule has 0 aliphatic heterocycles. The van der Waals surface area contributed by atoms with Gasteiger partial charge in [0.25, 0.3) is 5.91 Å². The molecule has 1 aromatic carbocycles. The zero-order chi connectivity index (χ0) is 16.7. The van der Waals surface area contributed by atoms with Crippen LogP contribution in [-0.4, -0.2) is 38.1 Å². The summed E-state index contributed by atoms with van der Waals surface area (Å²) in [7, 11) is 2.50. The number of esters is 2. The SMILES string of the molecule is COC(=O)CC[C@H](NC(=O)c1cc(C)cc(C)c1)C(=O)OC. The highest BCUT2D eigenvalue weighted by Gasteiger charge is 2.23. The quantitative estimate of drug-likeness (QED) is 0.806. The molecule has 0 unspecified atom stereocenters. The molecule has 1 N–H and O–H groups in total. The molecule has 1 rings (SSSR count). The lowest BCUT2D eigenvalue weighted by atomic mass is 10.1. The second-order valence-electron chi connectivity index (χ2n) is 5.04. The molecule has 6 nitrogen and oxygen atoms in total. The lowest BCUT2D eigenvalue weighted by molar-refractivity contribution is -0.144. The van der Waals surface area contributed by atoms with Crippen LogP contribution in [0.2, 0.25) is 0 Å². The Morgan fingerprint density at radius 2 is 1.64 bits per heavy atom. The van der Waals surface area contributed by atoms with Crippen LogP contribution in [0, 0.1) is 13.8 Å². The van der Waals surface area contributed by atoms with Crippen molar-refractivity contribution in [3.8, 4) is 0 Å². The Labute approximate surface area is 129 Å². The van der Waals surface area contributed by atoms with Crippen LogP contribution < -0.4 is 5.32 Å². The maximum absolute atomic E-state index is 12.3. The normalized spacial score (nSPS) is 11.5. The van der Waals surface area contributed by atoms with Gasteiger partial charge in [0, 0.05) is 12.0 Å². The maximum atomic E-state index is 12.3. The first-order valence-corrected chi connectivity index (χ1v) is 6.91. The molecule has 0 aliphatic rings. The van der Waals surface area contributed by atoms with Gasteiger partial charge in [-0.2, -0.15) is 0 Å². The minimum Gasteiger partial charge on any atom is -0.469 e. The minimum absolute atomic E-state index is 0.0173. The van der Waals surface area contributed by atoms with Crippen LogP contribution in [0.4, 0.5) is 0 Å². The van der Waals surface area contributed by atoms with Gasteiger partial charge in [-0.1, -0.05) is 17.2 Å². The smallest absolute Gasteiger partial charge is 0.328 e. The summed E-state index contributed by atoms with van der Waals surface area (Å²) >= 11 is 0. The van der Waals surface area contributed by atoms with Gasteiger partial charge in [0.15, 0.2) is 0 Å². The molecule has 0 fully saturated rings. The molecule has 0 spiro atoms. The third-order valence-corrected chi connectivity index (χ3v) is 3.14. The Kier molecular flexibility index (Phi) is 6.56. The number of aryl methyl sites for hydroxylation is 2. The number of hydrogen-bond donors (Lipinski definition) is 1. The highest BCUT2D eigenvalue weighted by molar-refractivity contribution is 5.97. The molecular formula is C16H21NO5. The van der Waals surface area contributed by atoms with Crippen LogP contribution >= 0.6 is 0 Å². The molecule has 0 saturated heterocycles. The van der Waals surface area contributed by atoms with E-state index >= 15 is 0 Å². The molecule has 1 atom stereocenters. The van der Waals surface area contributed by atoms with E-state index in [1.807, 2.05) is 19.9 Å². The highest BCUT2D eigenvalue weighted by Crippen LogP contribution is 2.10. The first-order valence-electron chi connectivity index (χ1n) is 6.91. The molecule has 6 heteroatoms. The summed E-state index contributed by atoms with van der Waals surface area (Å²) in [6.07, 6.45) is 0.138. The second kappa shape index (κ2) is 8.17. The molecule has 120 valence electrons. The number of rotatable bonds is 6. The third kappa shape index (κ3) is 5.20. The van der Waals surface area contributed by atoms with Gasteiger partial charge in [-0.05, 0) is 32.4 Å². The molecule has 1 amide bonds. The Balaban J connectivity index is 2.81. The maximum Gasteiger partial charge on any atom is 0.328 e. The van der Waals surface area contributed by atoms with Crippen molar-refractivity contribution in [2.24, 2.45) is 0 Å². The summed E-state index contributed by atoms with van der Waals surface area (Å²) in [6.45, 7) is 3.78. The van der Waals surface area contributed by atoms with E-state index in [0.29, 0.717) is 5.56 Å². The summed E-state index contributed by atoms with van der Waals surface area (Å²) in [5.41, 5.74) is 2.37. The Morgan fingerprint density at radius 3 is 2.14 bits per heavy atom. The number of carbonyl (C=O) groups is 3. The van der Waals surface area contributed by atoms with Gasteiger partial charge in [0.1, 0.15) is 6.04 Å². The number of hydrogen-bond acceptors (Lipinski definition) is 5. The van der Waals surface area contributed by atoms with Crippen molar-refractivity contribution in [1.29, 1.82) is 0 Å². The predicted octanol–water partition coefficient (Wildman–Crippen LogP) is 1.53. The largest absolute Gasteiger partial charge is 0.469 e. The molecule has 1 aromatic rings. The third-order valence-electron chi connectivity index (χ3n) is 3.14. The van der Waals surface area contributed by atoms with E-state index in [-0.39, 0.29) is 18.7 Å². The number of ether oxygens (including phenoxy) is 2. The van der Waals surface area contributed by atoms with Crippen molar-refractivity contribution >= 4 is 17.8 Å². The van der Waals surface area contributed by atoms with Crippen LogP contribution in [0.5, 0.6) is 0 Å². The van der Waals surface area contributed by atoms with Crippen LogP contribution in [0.3, 0.4) is 0 Å². The Hall–Kier alpha value is -2.37. The number of amides is 1. The average molecular weight is 307 g/mol. The van der Waals surface area contributed by atoms with Crippen molar-refractivity contribution in [2.45, 2.75) is 32.7 Å². The van der Waals surface area contributed by atoms with Crippen molar-refractivity contribution < 1.29 is 23.9 Å². The molecule has 0 aromatic heterocycles. The summed E-state index contributed by atoms with van der Waals surface area (Å²) < 4.78 is 9.19. The number of nitrogens with one attached hydrogen (secondary N) is 1. The first-order chi connectivity index (χ1) is 10.4. The van der Waals surface area contributed by atoms with Crippen LogP contribution in [0.15, 0.2) is 18.2 Å². The summed E-state index contributed by atoms with van der Waals surface area (Å²) in [5.74, 6) is -1.43. The second-order valence-corrected chi connectivity index (χ2v) is 5.04. The zero-order valence-corrected chi connectivity index (χ0v) is 13.3. The van der Waals surface area contributed by atoms with E-state index in [0.717, 1.165) is 11.1 Å². The van der Waals surface area contributed by atoms with E-state index in [1.54, 1.807) is 12.1 Å². The lowest BCUT2D eigenvalue weighted by Gasteiger charge is -2.16. The van der Waals surface area contributed by atoms with Crippen LogP contribution in [0.1, 0.15) is 34.3 Å². The van der Waals surface area contributed by atoms with Crippen molar-refractivity contribution in [1.82, 2.24) is 5.32 Å². The van der Waals surface area contributed by atoms with Gasteiger partial charge in [-0.25, -0.2) is 4.79 Å². The number of methoxy groups -OCH3 is 2. The van der Waals surface area contributed by atoms with E-state index in [2.05, 4.69) is 14.8 Å². The van der Waals surface area contributed by atoms with Gasteiger partial charge >= 0.3 is 11.9 Å². The number of benzene rings is 1. The van der Waals surface area contributed by atoms with Crippen molar-refractivity contribution in [2.75, 3.05) is 14.2 Å². The monoisotopic (exact) mass is 307 g/mol. The first kappa shape index (κ1) is 17.7. The van der Waals surface area contributed by atoms with E-state index in [9.17, 15) is 14.4 Å². The molecule has 0 saturated carbocycles. The van der Waals surface area contributed by atoms with Gasteiger partial charge < -0.3 is 14.8 Å². The molecule has 22 heavy (non-hydrogen) atoms. The summed E-state index contributed by atoms with van der Waals surface area (Å²) in [5, 5.41) is 2.60. The highest BCUT2D eigenvalue weighted by atomic mass is 16.5. The zero-order valence-electron chi connectivity index (χ0n) is 13.3. The van der Waals surface area contributed by atoms with Gasteiger partial charge in [-0.3, -0.25) is 9.59 Å². The topological polar surface area (TPSA) is 81.7 Å². The van der Waals surface area contributed by atoms with Crippen molar-refractivity contribution in [3.05, 3.63) is 34.9 Å². The molecular weight excluding hydrogens is 286 g/mol. The molecule has 0 bridgehead atoms. The average Bonchev–Trinajstić information content (AvgIpc) is 2.48. The molecule has 0 radical (unpaired) electrons. The lowest BCUT2D eigenvalue weighted by Crippen LogP contribution is -2.42. The van der Waals surface area contributed by atoms with Crippen molar-refractivity contribution in [3.63, 3.8) is 0 Å². The van der Waals surface area contributed by atoms with Gasteiger partial charge in [0.2, 0.25) is 0 Å². The van der Waals surface area contributed by atoms with E-state index in [4.69, 9.17) is 0 Å². The van der Waals surface area contributed by atoms with E-state index in [1.165, 1.54) is 14.2 Å². The Bertz CT molecular complexity index is 547. The van der Waals surface area contributed by atoms with Crippen LogP contribution in [-0.2, 0) is 19.1 Å².